The molecule has 0 saturated heterocycles. The Balaban J connectivity index is 1.55. The first-order chi connectivity index (χ1) is 19.7. The number of cyclic esters (lactones) is 1. The summed E-state index contributed by atoms with van der Waals surface area (Å²) >= 11 is 0. The lowest BCUT2D eigenvalue weighted by molar-refractivity contribution is -0.217. The van der Waals surface area contributed by atoms with Crippen LogP contribution in [0.5, 0.6) is 0 Å². The molecule has 0 radical (unpaired) electrons. The topological polar surface area (TPSA) is 131 Å². The summed E-state index contributed by atoms with van der Waals surface area (Å²) in [7, 11) is 0. The number of halogens is 4. The van der Waals surface area contributed by atoms with E-state index in [9.17, 15) is 37.8 Å². The van der Waals surface area contributed by atoms with Crippen molar-refractivity contribution in [1.29, 1.82) is 0 Å². The Bertz CT molecular complexity index is 1770. The molecule has 1 aromatic carbocycles. The van der Waals surface area contributed by atoms with Crippen LogP contribution in [0.4, 0.5) is 17.6 Å². The number of ether oxygens (including phenoxy) is 1. The number of carbonyl (C=O) groups excluding carboxylic acids is 2. The molecular formula is C29H27F4N3O6. The standard InChI is InChI=1S/C29H27F4N3O6/c1-4-28(41)16-7-20-23-14(9-36(20)26(39)15(16)10-42-27(28)40)22-18(35-25(38)12(3)24(37)29(31,32)33)6-5-13-11(2)17(30)8-19(34-23)21(13)22/h7-8,12,18,24,37,41H,4-6,9-10H2,1-3H3,(H,35,38)/t12-,18-,24?,28-/m0/s1. The fourth-order valence-corrected chi connectivity index (χ4v) is 6.43. The second-order valence-corrected chi connectivity index (χ2v) is 11.2. The van der Waals surface area contributed by atoms with E-state index in [2.05, 4.69) is 5.32 Å². The van der Waals surface area contributed by atoms with Crippen LogP contribution in [0, 0.1) is 18.7 Å². The zero-order valence-corrected chi connectivity index (χ0v) is 22.9. The van der Waals surface area contributed by atoms with Crippen molar-refractivity contribution in [1.82, 2.24) is 14.9 Å². The van der Waals surface area contributed by atoms with E-state index in [1.807, 2.05) is 0 Å². The molecule has 1 amide bonds. The number of rotatable bonds is 4. The Morgan fingerprint density at radius 2 is 1.98 bits per heavy atom. The van der Waals surface area contributed by atoms with Gasteiger partial charge in [-0.2, -0.15) is 13.2 Å². The molecule has 13 heteroatoms. The quantitative estimate of drug-likeness (QED) is 0.246. The molecule has 1 aliphatic carbocycles. The van der Waals surface area contributed by atoms with Gasteiger partial charge in [-0.15, -0.1) is 0 Å². The molecule has 42 heavy (non-hydrogen) atoms. The summed E-state index contributed by atoms with van der Waals surface area (Å²) in [5, 5.41) is 24.0. The van der Waals surface area contributed by atoms with Gasteiger partial charge in [0, 0.05) is 22.6 Å². The molecule has 0 saturated carbocycles. The van der Waals surface area contributed by atoms with Gasteiger partial charge in [-0.3, -0.25) is 9.59 Å². The van der Waals surface area contributed by atoms with Crippen LogP contribution in [-0.2, 0) is 39.5 Å². The van der Waals surface area contributed by atoms with Crippen molar-refractivity contribution in [3.63, 3.8) is 0 Å². The van der Waals surface area contributed by atoms with Gasteiger partial charge in [0.25, 0.3) is 5.56 Å². The van der Waals surface area contributed by atoms with E-state index < -0.39 is 53.1 Å². The first kappa shape index (κ1) is 28.3. The zero-order chi connectivity index (χ0) is 30.5. The maximum atomic E-state index is 15.0. The molecule has 3 N–H and O–H groups in total. The number of benzene rings is 1. The van der Waals surface area contributed by atoms with Crippen LogP contribution in [0.15, 0.2) is 16.9 Å². The normalized spacial score (nSPS) is 22.2. The molecule has 4 atom stereocenters. The van der Waals surface area contributed by atoms with Crippen molar-refractivity contribution in [2.75, 3.05) is 0 Å². The van der Waals surface area contributed by atoms with E-state index in [1.165, 1.54) is 16.7 Å². The minimum Gasteiger partial charge on any atom is -0.458 e. The minimum absolute atomic E-state index is 0.0173. The van der Waals surface area contributed by atoms with E-state index in [-0.39, 0.29) is 54.0 Å². The largest absolute Gasteiger partial charge is 0.458 e. The van der Waals surface area contributed by atoms with Crippen molar-refractivity contribution >= 4 is 22.8 Å². The number of hydrogen-bond acceptors (Lipinski definition) is 7. The van der Waals surface area contributed by atoms with E-state index in [0.29, 0.717) is 34.1 Å². The highest BCUT2D eigenvalue weighted by atomic mass is 19.4. The maximum absolute atomic E-state index is 15.0. The number of fused-ring (bicyclic) bond motifs is 5. The van der Waals surface area contributed by atoms with E-state index in [1.54, 1.807) is 13.8 Å². The number of aromatic nitrogens is 2. The summed E-state index contributed by atoms with van der Waals surface area (Å²) < 4.78 is 61.0. The lowest BCUT2D eigenvalue weighted by Gasteiger charge is -2.31. The third-order valence-corrected chi connectivity index (χ3v) is 8.92. The molecule has 9 nitrogen and oxygen atoms in total. The third kappa shape index (κ3) is 3.89. The molecule has 0 spiro atoms. The van der Waals surface area contributed by atoms with E-state index in [4.69, 9.17) is 9.72 Å². The van der Waals surface area contributed by atoms with Gasteiger partial charge >= 0.3 is 12.1 Å². The molecule has 1 unspecified atom stereocenters. The molecule has 2 aliphatic heterocycles. The molecule has 4 heterocycles. The summed E-state index contributed by atoms with van der Waals surface area (Å²) in [6.07, 6.45) is -7.40. The number of pyridine rings is 2. The van der Waals surface area contributed by atoms with Gasteiger partial charge in [0.2, 0.25) is 5.91 Å². The fraction of sp³-hybridized carbons (Fsp3) is 0.448. The van der Waals surface area contributed by atoms with Gasteiger partial charge in [0.1, 0.15) is 12.4 Å². The van der Waals surface area contributed by atoms with Crippen LogP contribution in [0.2, 0.25) is 0 Å². The molecule has 6 rings (SSSR count). The summed E-state index contributed by atoms with van der Waals surface area (Å²) in [5.41, 5.74) is 0.433. The number of esters is 1. The Morgan fingerprint density at radius 3 is 2.64 bits per heavy atom. The average molecular weight is 590 g/mol. The summed E-state index contributed by atoms with van der Waals surface area (Å²) in [6.45, 7) is 3.81. The SMILES string of the molecule is CC[C@@]1(O)C(=O)OCc2c1cc1n(c2=O)Cc2c-1nc1cc(F)c(C)c3c1c2[C@@H](NC(=O)[C@@H](C)C(O)C(F)(F)F)CC3. The fourth-order valence-electron chi connectivity index (χ4n) is 6.43. The monoisotopic (exact) mass is 589 g/mol. The van der Waals surface area contributed by atoms with Gasteiger partial charge in [-0.1, -0.05) is 13.8 Å². The molecule has 0 fully saturated rings. The van der Waals surface area contributed by atoms with Gasteiger partial charge < -0.3 is 24.8 Å². The zero-order valence-electron chi connectivity index (χ0n) is 22.9. The van der Waals surface area contributed by atoms with Crippen LogP contribution < -0.4 is 10.9 Å². The van der Waals surface area contributed by atoms with Crippen molar-refractivity contribution in [2.24, 2.45) is 5.92 Å². The predicted octanol–water partition coefficient (Wildman–Crippen LogP) is 3.19. The van der Waals surface area contributed by atoms with Crippen LogP contribution >= 0.6 is 0 Å². The first-order valence-electron chi connectivity index (χ1n) is 13.6. The lowest BCUT2D eigenvalue weighted by atomic mass is 9.81. The Hall–Kier alpha value is -3.84. The molecular weight excluding hydrogens is 562 g/mol. The molecule has 222 valence electrons. The number of carbonyl (C=O) groups is 2. The highest BCUT2D eigenvalue weighted by Gasteiger charge is 2.47. The number of aliphatic hydroxyl groups is 2. The smallest absolute Gasteiger partial charge is 0.415 e. The molecule has 3 aromatic rings. The van der Waals surface area contributed by atoms with Crippen molar-refractivity contribution in [3.8, 4) is 11.4 Å². The van der Waals surface area contributed by atoms with Crippen LogP contribution in [-0.4, -0.2) is 43.9 Å². The van der Waals surface area contributed by atoms with E-state index in [0.717, 1.165) is 6.92 Å². The Labute approximate surface area is 236 Å². The molecule has 0 bridgehead atoms. The minimum atomic E-state index is -5.00. The molecule has 3 aliphatic rings. The predicted molar refractivity (Wildman–Crippen MR) is 140 cm³/mol. The third-order valence-electron chi connectivity index (χ3n) is 8.92. The average Bonchev–Trinajstić information content (AvgIpc) is 3.31. The highest BCUT2D eigenvalue weighted by Crippen LogP contribution is 2.46. The lowest BCUT2D eigenvalue weighted by Crippen LogP contribution is -2.44. The summed E-state index contributed by atoms with van der Waals surface area (Å²) in [6, 6.07) is 1.91. The van der Waals surface area contributed by atoms with Crippen LogP contribution in [0.3, 0.4) is 0 Å². The maximum Gasteiger partial charge on any atom is 0.415 e. The van der Waals surface area contributed by atoms with Gasteiger partial charge in [-0.25, -0.2) is 14.2 Å². The van der Waals surface area contributed by atoms with Crippen molar-refractivity contribution < 1.29 is 42.1 Å². The summed E-state index contributed by atoms with van der Waals surface area (Å²) in [4.78, 5) is 43.8. The molecule has 2 aromatic heterocycles. The van der Waals surface area contributed by atoms with Crippen LogP contribution in [0.25, 0.3) is 22.3 Å². The number of amides is 1. The Kier molecular flexibility index (Phi) is 6.28. The van der Waals surface area contributed by atoms with Gasteiger partial charge in [0.15, 0.2) is 11.7 Å². The van der Waals surface area contributed by atoms with Crippen LogP contribution in [0.1, 0.15) is 66.1 Å². The Morgan fingerprint density at radius 1 is 1.26 bits per heavy atom. The second kappa shape index (κ2) is 9.33. The van der Waals surface area contributed by atoms with Crippen molar-refractivity contribution in [3.05, 3.63) is 61.7 Å². The number of aryl methyl sites for hydroxylation is 1. The number of hydrogen-bond donors (Lipinski definition) is 3. The van der Waals surface area contributed by atoms with E-state index >= 15 is 4.39 Å². The summed E-state index contributed by atoms with van der Waals surface area (Å²) in [5.74, 6) is -4.22. The van der Waals surface area contributed by atoms with Gasteiger partial charge in [-0.05, 0) is 48.9 Å². The second-order valence-electron chi connectivity index (χ2n) is 11.2. The number of nitrogens with zero attached hydrogens (tertiary/aromatic N) is 2. The number of alkyl halides is 3. The van der Waals surface area contributed by atoms with Crippen molar-refractivity contribution in [2.45, 2.75) is 77.1 Å². The highest BCUT2D eigenvalue weighted by molar-refractivity contribution is 5.94. The van der Waals surface area contributed by atoms with Gasteiger partial charge in [0.05, 0.1) is 41.0 Å². The first-order valence-corrected chi connectivity index (χ1v) is 13.6. The number of aliphatic hydroxyl groups excluding tert-OH is 1. The number of nitrogens with one attached hydrogen (secondary N) is 1.